The van der Waals surface area contributed by atoms with Crippen LogP contribution in [0.1, 0.15) is 0 Å². The van der Waals surface area contributed by atoms with E-state index in [0.717, 1.165) is 0 Å². The Morgan fingerprint density at radius 2 is 0.571 bits per heavy atom. The monoisotopic (exact) mass is 462 g/mol. The predicted octanol–water partition coefficient (Wildman–Crippen LogP) is -7.52. The van der Waals surface area contributed by atoms with Crippen LogP contribution in [0.25, 0.3) is 0 Å². The Bertz CT molecular complexity index is 75.3. The van der Waals surface area contributed by atoms with Crippen LogP contribution in [-0.4, -0.2) is 156 Å². The van der Waals surface area contributed by atoms with E-state index in [1.807, 2.05) is 0 Å². The molecule has 0 aliphatic rings. The molecule has 0 unspecified atom stereocenters. The van der Waals surface area contributed by atoms with Gasteiger partial charge in [-0.25, -0.2) is 0 Å². The molecule has 0 rings (SSSR count). The van der Waals surface area contributed by atoms with Gasteiger partial charge in [0.2, 0.25) is 0 Å². The summed E-state index contributed by atoms with van der Waals surface area (Å²) in [5.74, 6) is 0. The van der Waals surface area contributed by atoms with Gasteiger partial charge in [-0.2, -0.15) is 0 Å². The Balaban J connectivity index is -0.0000000145. The molecule has 0 aromatic carbocycles. The van der Waals surface area contributed by atoms with Crippen molar-refractivity contribution >= 4 is 156 Å². The molecular formula is Al4BaO8Sr. The summed E-state index contributed by atoms with van der Waals surface area (Å²) in [6.45, 7) is 0. The molecule has 0 saturated heterocycles. The average molecular weight is 461 g/mol. The fourth-order valence-electron chi connectivity index (χ4n) is 0. The molecular weight excluding hydrogens is 461 g/mol. The summed E-state index contributed by atoms with van der Waals surface area (Å²) in [5, 5.41) is 0. The fourth-order valence-corrected chi connectivity index (χ4v) is 0. The van der Waals surface area contributed by atoms with E-state index < -0.39 is 61.9 Å². The van der Waals surface area contributed by atoms with Gasteiger partial charge < -0.3 is 0 Å². The summed E-state index contributed by atoms with van der Waals surface area (Å²) in [6, 6.07) is 0. The molecule has 0 heterocycles. The summed E-state index contributed by atoms with van der Waals surface area (Å²) < 4.78 is 67.7. The molecule has 14 heteroatoms. The van der Waals surface area contributed by atoms with E-state index in [0.29, 0.717) is 0 Å². The summed E-state index contributed by atoms with van der Waals surface area (Å²) in [6.07, 6.45) is 0. The molecule has 0 aliphatic carbocycles. The number of hydrogen-bond acceptors (Lipinski definition) is 8. The minimum Gasteiger partial charge on any atom is 2.00 e. The number of hydrogen-bond donors (Lipinski definition) is 0. The van der Waals surface area contributed by atoms with E-state index in [1.54, 1.807) is 0 Å². The van der Waals surface area contributed by atoms with Crippen LogP contribution >= 0.6 is 0 Å². The van der Waals surface area contributed by atoms with E-state index in [1.165, 1.54) is 0 Å². The Hall–Kier alpha value is 3.58. The zero-order valence-corrected chi connectivity index (χ0v) is 19.5. The Kier molecular flexibility index (Phi) is 180. The SMILES string of the molecule is [Ba+2].[O]=[Al][O-].[O]=[Al][O-].[O]=[Al][O-].[O]=[Al][O-].[Sr+2]. The van der Waals surface area contributed by atoms with Gasteiger partial charge in [-0.05, 0) is 0 Å². The molecule has 0 N–H and O–H groups in total. The van der Waals surface area contributed by atoms with Crippen molar-refractivity contribution in [3.8, 4) is 0 Å². The summed E-state index contributed by atoms with van der Waals surface area (Å²) in [7, 11) is 0. The van der Waals surface area contributed by atoms with Crippen LogP contribution in [0.15, 0.2) is 0 Å². The van der Waals surface area contributed by atoms with Gasteiger partial charge in [-0.3, -0.25) is 0 Å². The van der Waals surface area contributed by atoms with Gasteiger partial charge in [-0.1, -0.05) is 0 Å². The third-order valence-corrected chi connectivity index (χ3v) is 0. The average Bonchev–Trinajstić information content (AvgIpc) is 1.92. The first-order valence-corrected chi connectivity index (χ1v) is 5.66. The van der Waals surface area contributed by atoms with Gasteiger partial charge in [0.25, 0.3) is 0 Å². The van der Waals surface area contributed by atoms with Crippen molar-refractivity contribution in [3.05, 3.63) is 0 Å². The van der Waals surface area contributed by atoms with Crippen molar-refractivity contribution in [2.24, 2.45) is 0 Å². The topological polar surface area (TPSA) is 161 Å². The third kappa shape index (κ3) is 258. The van der Waals surface area contributed by atoms with E-state index in [9.17, 15) is 0 Å². The van der Waals surface area contributed by atoms with Crippen LogP contribution in [0.5, 0.6) is 0 Å². The molecule has 0 amide bonds. The second-order valence-corrected chi connectivity index (χ2v) is 1.15. The Labute approximate surface area is 183 Å². The van der Waals surface area contributed by atoms with Gasteiger partial charge >= 0.3 is 188 Å². The van der Waals surface area contributed by atoms with Gasteiger partial charge in [0.05, 0.1) is 0 Å². The molecule has 0 atom stereocenters. The van der Waals surface area contributed by atoms with Crippen molar-refractivity contribution in [1.29, 1.82) is 0 Å². The predicted molar refractivity (Wildman–Crippen MR) is 37.3 cm³/mol. The standard InChI is InChI=1S/4Al.Ba.8O.Sr/q;;;;+2;;;;;4*-1;+2. The molecule has 64 valence electrons. The molecule has 14 heavy (non-hydrogen) atoms. The molecule has 0 aliphatic heterocycles. The van der Waals surface area contributed by atoms with Crippen molar-refractivity contribution < 1.29 is 31.8 Å². The molecule has 0 aromatic heterocycles. The van der Waals surface area contributed by atoms with Crippen molar-refractivity contribution in [3.63, 3.8) is 0 Å². The van der Waals surface area contributed by atoms with E-state index in [2.05, 4.69) is 0 Å². The zero-order chi connectivity index (χ0) is 10.8. The smallest absolute Gasteiger partial charge is 2.00 e. The first-order valence-electron chi connectivity index (χ1n) is 1.89. The second kappa shape index (κ2) is 70.0. The van der Waals surface area contributed by atoms with E-state index in [-0.39, 0.29) is 94.4 Å². The molecule has 0 saturated carbocycles. The van der Waals surface area contributed by atoms with Crippen LogP contribution in [-0.2, 0) is 15.2 Å². The van der Waals surface area contributed by atoms with Gasteiger partial charge in [-0.15, -0.1) is 0 Å². The van der Waals surface area contributed by atoms with E-state index in [4.69, 9.17) is 31.8 Å². The van der Waals surface area contributed by atoms with Crippen LogP contribution < -0.4 is 16.6 Å². The summed E-state index contributed by atoms with van der Waals surface area (Å²) in [4.78, 5) is 0. The Morgan fingerprint density at radius 1 is 0.571 bits per heavy atom. The summed E-state index contributed by atoms with van der Waals surface area (Å²) in [5.41, 5.74) is 0. The molecule has 0 fully saturated rings. The van der Waals surface area contributed by atoms with Crippen molar-refractivity contribution in [1.82, 2.24) is 0 Å². The quantitative estimate of drug-likeness (QED) is 0.322. The van der Waals surface area contributed by atoms with Gasteiger partial charge in [0, 0.05) is 0 Å². The maximum absolute atomic E-state index is 8.46. The molecule has 0 aromatic rings. The Morgan fingerprint density at radius 3 is 0.571 bits per heavy atom. The van der Waals surface area contributed by atoms with Crippen LogP contribution in [0.3, 0.4) is 0 Å². The maximum Gasteiger partial charge on any atom is 2.00 e. The second-order valence-electron chi connectivity index (χ2n) is 0.385. The largest absolute Gasteiger partial charge is 2.00 e. The molecule has 0 bridgehead atoms. The third-order valence-electron chi connectivity index (χ3n) is 0. The first-order chi connectivity index (χ1) is 5.66. The first kappa shape index (κ1) is 36.0. The molecule has 0 radical (unpaired) electrons. The fraction of sp³-hybridized carbons (Fsp3) is 0. The minimum atomic E-state index is -1.75. The normalized spacial score (nSPS) is 2.29. The van der Waals surface area contributed by atoms with Crippen molar-refractivity contribution in [2.45, 2.75) is 0 Å². The molecule has 8 nitrogen and oxygen atoms in total. The minimum absolute atomic E-state index is 0. The number of rotatable bonds is 0. The van der Waals surface area contributed by atoms with Crippen LogP contribution in [0, 0.1) is 0 Å². The molecule has 0 spiro atoms. The van der Waals surface area contributed by atoms with Crippen LogP contribution in [0.4, 0.5) is 0 Å². The van der Waals surface area contributed by atoms with Gasteiger partial charge in [0.15, 0.2) is 0 Å². The van der Waals surface area contributed by atoms with Crippen LogP contribution in [0.2, 0.25) is 0 Å². The summed E-state index contributed by atoms with van der Waals surface area (Å²) >= 11 is -7.00. The zero-order valence-electron chi connectivity index (χ0n) is 6.99. The maximum atomic E-state index is 8.46. The van der Waals surface area contributed by atoms with Crippen molar-refractivity contribution in [2.75, 3.05) is 0 Å². The van der Waals surface area contributed by atoms with E-state index >= 15 is 0 Å². The van der Waals surface area contributed by atoms with Gasteiger partial charge in [0.1, 0.15) is 0 Å².